The monoisotopic (exact) mass is 250 g/mol. The Morgan fingerprint density at radius 1 is 1.35 bits per heavy atom. The van der Waals surface area contributed by atoms with Crippen molar-refractivity contribution in [3.63, 3.8) is 0 Å². The summed E-state index contributed by atoms with van der Waals surface area (Å²) in [6.07, 6.45) is 0. The Labute approximate surface area is 102 Å². The number of aromatic nitrogens is 3. The number of nitrogens with zero attached hydrogens (tertiary/aromatic N) is 3. The quantitative estimate of drug-likeness (QED) is 0.866. The van der Waals surface area contributed by atoms with Crippen LogP contribution in [-0.4, -0.2) is 25.4 Å². The van der Waals surface area contributed by atoms with Crippen LogP contribution in [0.2, 0.25) is 0 Å². The molecule has 0 aliphatic carbocycles. The second kappa shape index (κ2) is 4.46. The Kier molecular flexibility index (Phi) is 3.01. The lowest BCUT2D eigenvalue weighted by Gasteiger charge is -2.04. The van der Waals surface area contributed by atoms with Gasteiger partial charge in [0.05, 0.1) is 5.56 Å². The first-order chi connectivity index (χ1) is 8.04. The summed E-state index contributed by atoms with van der Waals surface area (Å²) in [5.41, 5.74) is 0.829. The second-order valence-corrected chi connectivity index (χ2v) is 4.21. The Morgan fingerprint density at radius 2 is 2.12 bits per heavy atom. The molecule has 0 aromatic carbocycles. The topological polar surface area (TPSA) is 88.0 Å². The molecule has 0 fully saturated rings. The number of rotatable bonds is 3. The van der Waals surface area contributed by atoms with Crippen LogP contribution in [0, 0.1) is 13.8 Å². The molecule has 0 aliphatic rings. The summed E-state index contributed by atoms with van der Waals surface area (Å²) in [7, 11) is 0. The van der Waals surface area contributed by atoms with E-state index in [1.54, 1.807) is 13.8 Å². The van der Waals surface area contributed by atoms with Gasteiger partial charge in [-0.1, -0.05) is 0 Å². The highest BCUT2D eigenvalue weighted by molar-refractivity contribution is 7.09. The first-order valence-corrected chi connectivity index (χ1v) is 5.61. The molecular weight excluding hydrogens is 240 g/mol. The van der Waals surface area contributed by atoms with Crippen molar-refractivity contribution in [1.29, 1.82) is 0 Å². The smallest absolute Gasteiger partial charge is 0.335 e. The van der Waals surface area contributed by atoms with Gasteiger partial charge in [-0.25, -0.2) is 14.8 Å². The van der Waals surface area contributed by atoms with Crippen molar-refractivity contribution in [2.24, 2.45) is 0 Å². The molecule has 2 heterocycles. The fourth-order valence-corrected chi connectivity index (χ4v) is 1.90. The molecule has 0 aliphatic heterocycles. The summed E-state index contributed by atoms with van der Waals surface area (Å²) >= 11 is 1.20. The van der Waals surface area contributed by atoms with E-state index in [9.17, 15) is 4.79 Å². The first kappa shape index (κ1) is 11.5. The Bertz CT molecular complexity index is 567. The van der Waals surface area contributed by atoms with Gasteiger partial charge in [0.15, 0.2) is 0 Å². The third kappa shape index (κ3) is 2.76. The van der Waals surface area contributed by atoms with Crippen molar-refractivity contribution < 1.29 is 9.90 Å². The molecule has 0 saturated carbocycles. The third-order valence-electron chi connectivity index (χ3n) is 1.96. The molecule has 0 spiro atoms. The molecule has 0 radical (unpaired) electrons. The van der Waals surface area contributed by atoms with Crippen LogP contribution in [0.4, 0.5) is 10.9 Å². The van der Waals surface area contributed by atoms with Crippen LogP contribution in [0.5, 0.6) is 0 Å². The molecule has 7 heteroatoms. The van der Waals surface area contributed by atoms with E-state index in [2.05, 4.69) is 19.7 Å². The number of aromatic carboxylic acids is 1. The molecule has 17 heavy (non-hydrogen) atoms. The minimum absolute atomic E-state index is 0.196. The summed E-state index contributed by atoms with van der Waals surface area (Å²) in [5.74, 6) is 0.147. The summed E-state index contributed by atoms with van der Waals surface area (Å²) in [4.78, 5) is 19.2. The summed E-state index contributed by atoms with van der Waals surface area (Å²) in [5, 5.41) is 12.4. The van der Waals surface area contributed by atoms with Gasteiger partial charge in [0.25, 0.3) is 0 Å². The van der Waals surface area contributed by atoms with Crippen LogP contribution in [0.25, 0.3) is 0 Å². The molecule has 2 rings (SSSR count). The van der Waals surface area contributed by atoms with E-state index < -0.39 is 5.97 Å². The van der Waals surface area contributed by atoms with Crippen molar-refractivity contribution in [2.75, 3.05) is 5.32 Å². The molecule has 0 saturated heterocycles. The maximum Gasteiger partial charge on any atom is 0.335 e. The van der Waals surface area contributed by atoms with Gasteiger partial charge in [-0.3, -0.25) is 0 Å². The van der Waals surface area contributed by atoms with Gasteiger partial charge in [0.2, 0.25) is 5.13 Å². The predicted octanol–water partition coefficient (Wildman–Crippen LogP) is 1.99. The lowest BCUT2D eigenvalue weighted by atomic mass is 10.2. The third-order valence-corrected chi connectivity index (χ3v) is 2.68. The average Bonchev–Trinajstić information content (AvgIpc) is 2.63. The zero-order chi connectivity index (χ0) is 12.4. The van der Waals surface area contributed by atoms with Crippen molar-refractivity contribution >= 4 is 28.5 Å². The highest BCUT2D eigenvalue weighted by Crippen LogP contribution is 2.18. The highest BCUT2D eigenvalue weighted by Gasteiger charge is 2.08. The number of carbonyl (C=O) groups is 1. The van der Waals surface area contributed by atoms with E-state index in [1.807, 2.05) is 0 Å². The molecule has 2 aromatic heterocycles. The maximum absolute atomic E-state index is 10.9. The minimum Gasteiger partial charge on any atom is -0.478 e. The fraction of sp³-hybridized carbons (Fsp3) is 0.200. The van der Waals surface area contributed by atoms with E-state index in [0.717, 1.165) is 0 Å². The number of nitrogens with one attached hydrogen (secondary N) is 1. The lowest BCUT2D eigenvalue weighted by molar-refractivity contribution is 0.0696. The SMILES string of the molecule is Cc1cc(C(=O)O)cc(Nc2nc(C)ns2)n1. The van der Waals surface area contributed by atoms with Gasteiger partial charge in [-0.15, -0.1) is 0 Å². The van der Waals surface area contributed by atoms with Crippen molar-refractivity contribution in [2.45, 2.75) is 13.8 Å². The van der Waals surface area contributed by atoms with Crippen molar-refractivity contribution in [1.82, 2.24) is 14.3 Å². The second-order valence-electron chi connectivity index (χ2n) is 3.46. The van der Waals surface area contributed by atoms with Gasteiger partial charge in [-0.05, 0) is 26.0 Å². The average molecular weight is 250 g/mol. The first-order valence-electron chi connectivity index (χ1n) is 4.84. The Balaban J connectivity index is 2.29. The van der Waals surface area contributed by atoms with Crippen LogP contribution < -0.4 is 5.32 Å². The summed E-state index contributed by atoms with van der Waals surface area (Å²) in [6.45, 7) is 3.52. The number of carboxylic acid groups (broad SMARTS) is 1. The van der Waals surface area contributed by atoms with Crippen LogP contribution in [0.3, 0.4) is 0 Å². The van der Waals surface area contributed by atoms with Crippen LogP contribution >= 0.6 is 11.5 Å². The number of pyridine rings is 1. The molecular formula is C10H10N4O2S. The van der Waals surface area contributed by atoms with Crippen molar-refractivity contribution in [3.8, 4) is 0 Å². The summed E-state index contributed by atoms with van der Waals surface area (Å²) in [6, 6.07) is 2.98. The molecule has 88 valence electrons. The number of anilines is 2. The largest absolute Gasteiger partial charge is 0.478 e. The molecule has 0 bridgehead atoms. The Morgan fingerprint density at radius 3 is 2.71 bits per heavy atom. The lowest BCUT2D eigenvalue weighted by Crippen LogP contribution is -2.01. The molecule has 2 aromatic rings. The van der Waals surface area contributed by atoms with E-state index in [0.29, 0.717) is 22.5 Å². The van der Waals surface area contributed by atoms with Crippen molar-refractivity contribution in [3.05, 3.63) is 29.2 Å². The molecule has 2 N–H and O–H groups in total. The van der Waals surface area contributed by atoms with E-state index >= 15 is 0 Å². The van der Waals surface area contributed by atoms with Crippen LogP contribution in [0.15, 0.2) is 12.1 Å². The van der Waals surface area contributed by atoms with Gasteiger partial charge < -0.3 is 10.4 Å². The molecule has 0 atom stereocenters. The van der Waals surface area contributed by atoms with Gasteiger partial charge >= 0.3 is 5.97 Å². The van der Waals surface area contributed by atoms with E-state index in [4.69, 9.17) is 5.11 Å². The molecule has 0 amide bonds. The molecule has 0 unspecified atom stereocenters. The van der Waals surface area contributed by atoms with Gasteiger partial charge in [-0.2, -0.15) is 4.37 Å². The normalized spacial score (nSPS) is 10.2. The standard InChI is InChI=1S/C10H10N4O2S/c1-5-3-7(9(15)16)4-8(11-5)13-10-12-6(2)14-17-10/h3-4H,1-2H3,(H,15,16)(H,11,12,13,14). The Hall–Kier alpha value is -2.02. The highest BCUT2D eigenvalue weighted by atomic mass is 32.1. The maximum atomic E-state index is 10.9. The fourth-order valence-electron chi connectivity index (χ4n) is 1.31. The number of aryl methyl sites for hydroxylation is 2. The van der Waals surface area contributed by atoms with E-state index in [-0.39, 0.29) is 5.56 Å². The molecule has 6 nitrogen and oxygen atoms in total. The zero-order valence-corrected chi connectivity index (χ0v) is 10.1. The number of hydrogen-bond acceptors (Lipinski definition) is 6. The van der Waals surface area contributed by atoms with E-state index in [1.165, 1.54) is 23.7 Å². The summed E-state index contributed by atoms with van der Waals surface area (Å²) < 4.78 is 4.02. The minimum atomic E-state index is -0.980. The van der Waals surface area contributed by atoms with Crippen LogP contribution in [0.1, 0.15) is 21.9 Å². The van der Waals surface area contributed by atoms with Gasteiger partial charge in [0, 0.05) is 17.2 Å². The zero-order valence-electron chi connectivity index (χ0n) is 9.26. The number of hydrogen-bond donors (Lipinski definition) is 2. The van der Waals surface area contributed by atoms with Crippen LogP contribution in [-0.2, 0) is 0 Å². The number of carboxylic acids is 1. The van der Waals surface area contributed by atoms with Gasteiger partial charge in [0.1, 0.15) is 11.6 Å². The predicted molar refractivity (Wildman–Crippen MR) is 63.9 cm³/mol.